The highest BCUT2D eigenvalue weighted by Crippen LogP contribution is 2.61. The molecule has 3 atom stereocenters. The van der Waals surface area contributed by atoms with Gasteiger partial charge in [-0.3, -0.25) is 0 Å². The molecule has 3 aliphatic rings. The Morgan fingerprint density at radius 1 is 0.480 bits per heavy atom. The summed E-state index contributed by atoms with van der Waals surface area (Å²) in [6, 6.07) is 0.615. The Kier molecular flexibility index (Phi) is 23.0. The molecule has 1 saturated heterocycles. The van der Waals surface area contributed by atoms with Crippen molar-refractivity contribution < 1.29 is 9.47 Å². The quantitative estimate of drug-likeness (QED) is 0.0533. The largest absolute Gasteiger partial charge is 0.344 e. The minimum atomic E-state index is -0.247. The smallest absolute Gasteiger partial charge is 0.170 e. The van der Waals surface area contributed by atoms with E-state index < -0.39 is 0 Å². The third-order valence-corrected chi connectivity index (χ3v) is 12.0. The van der Waals surface area contributed by atoms with E-state index in [1.807, 2.05) is 0 Å². The van der Waals surface area contributed by atoms with Crippen LogP contribution in [-0.4, -0.2) is 43.0 Å². The molecule has 0 aromatic rings. The van der Waals surface area contributed by atoms with Crippen LogP contribution in [0.15, 0.2) is 48.6 Å². The zero-order valence-electron chi connectivity index (χ0n) is 33.8. The summed E-state index contributed by atoms with van der Waals surface area (Å²) in [4.78, 5) is 2.36. The molecule has 0 amide bonds. The van der Waals surface area contributed by atoms with E-state index in [2.05, 4.69) is 81.5 Å². The Morgan fingerprint density at radius 3 is 1.22 bits per heavy atom. The highest BCUT2D eigenvalue weighted by atomic mass is 16.8. The molecule has 3 fully saturated rings. The lowest BCUT2D eigenvalue weighted by Gasteiger charge is -2.54. The van der Waals surface area contributed by atoms with E-state index in [1.54, 1.807) is 0 Å². The number of rotatable bonds is 31. The van der Waals surface area contributed by atoms with Crippen LogP contribution in [-0.2, 0) is 9.47 Å². The van der Waals surface area contributed by atoms with Crippen molar-refractivity contribution in [2.24, 2.45) is 5.41 Å². The molecule has 1 aliphatic heterocycles. The first-order valence-corrected chi connectivity index (χ1v) is 22.1. The second-order valence-corrected chi connectivity index (χ2v) is 16.8. The summed E-state index contributed by atoms with van der Waals surface area (Å²) in [6.45, 7) is 4.55. The van der Waals surface area contributed by atoms with E-state index in [0.717, 1.165) is 38.5 Å². The Bertz CT molecular complexity index is 875. The summed E-state index contributed by atoms with van der Waals surface area (Å²) in [6.07, 6.45) is 58.9. The predicted molar refractivity (Wildman–Crippen MR) is 219 cm³/mol. The van der Waals surface area contributed by atoms with Crippen LogP contribution in [0.25, 0.3) is 0 Å². The maximum Gasteiger partial charge on any atom is 0.170 e. The van der Waals surface area contributed by atoms with Gasteiger partial charge in [-0.25, -0.2) is 0 Å². The van der Waals surface area contributed by atoms with Crippen LogP contribution in [0.3, 0.4) is 0 Å². The normalized spacial score (nSPS) is 22.8. The molecule has 50 heavy (non-hydrogen) atoms. The van der Waals surface area contributed by atoms with E-state index in [1.165, 1.54) is 154 Å². The predicted octanol–water partition coefficient (Wildman–Crippen LogP) is 14.4. The first-order valence-electron chi connectivity index (χ1n) is 22.1. The molecule has 2 aliphatic carbocycles. The molecular weight excluding hydrogens is 611 g/mol. The SMILES string of the molecule is CCCCC/C=C\C/C=C\CCCCCCCCC1(CCCCCCCC/C=C\C/C=C\CCCCC)CC2(C1)O[C@H]1CC(N(C)C)C[C@H]1O2. The van der Waals surface area contributed by atoms with Crippen LogP contribution in [0, 0.1) is 5.41 Å². The van der Waals surface area contributed by atoms with Crippen molar-refractivity contribution in [3.05, 3.63) is 48.6 Å². The maximum atomic E-state index is 6.74. The van der Waals surface area contributed by atoms with Crippen LogP contribution in [0.2, 0.25) is 0 Å². The highest BCUT2D eigenvalue weighted by Gasteiger charge is 2.62. The maximum absolute atomic E-state index is 6.74. The average Bonchev–Trinajstić information content (AvgIpc) is 3.65. The molecule has 288 valence electrons. The van der Waals surface area contributed by atoms with Crippen molar-refractivity contribution >= 4 is 0 Å². The topological polar surface area (TPSA) is 21.7 Å². The molecule has 0 bridgehead atoms. The zero-order valence-corrected chi connectivity index (χ0v) is 33.8. The summed E-state index contributed by atoms with van der Waals surface area (Å²) < 4.78 is 13.5. The molecule has 0 aromatic carbocycles. The van der Waals surface area contributed by atoms with Gasteiger partial charge < -0.3 is 14.4 Å². The Balaban J connectivity index is 1.26. The number of hydrogen-bond acceptors (Lipinski definition) is 3. The molecule has 0 aromatic heterocycles. The number of fused-ring (bicyclic) bond motifs is 1. The van der Waals surface area contributed by atoms with Gasteiger partial charge in [0, 0.05) is 18.9 Å². The summed E-state index contributed by atoms with van der Waals surface area (Å²) in [5, 5.41) is 0. The number of allylic oxidation sites excluding steroid dienone is 8. The number of nitrogens with zero attached hydrogens (tertiary/aromatic N) is 1. The standard InChI is InChI=1S/C47H83NO2/c1-5-7-9-11-13-15-17-19-21-23-25-27-29-31-33-35-37-46(41-47(42-46)49-44-39-43(48(3)4)40-45(44)50-47)38-36-34-32-30-28-26-24-22-20-18-16-14-12-10-8-6-2/h13-16,19-22,43-45H,5-12,17-18,23-42H2,1-4H3/b15-13-,16-14-,21-19-,22-20-/t43?,44-,45+. The van der Waals surface area contributed by atoms with E-state index in [9.17, 15) is 0 Å². The van der Waals surface area contributed by atoms with Crippen LogP contribution < -0.4 is 0 Å². The molecule has 3 rings (SSSR count). The van der Waals surface area contributed by atoms with Crippen molar-refractivity contribution in [3.63, 3.8) is 0 Å². The Hall–Kier alpha value is -1.16. The molecule has 3 nitrogen and oxygen atoms in total. The van der Waals surface area contributed by atoms with Gasteiger partial charge in [0.25, 0.3) is 0 Å². The number of unbranched alkanes of at least 4 members (excludes halogenated alkanes) is 18. The molecule has 1 spiro atoms. The van der Waals surface area contributed by atoms with Crippen molar-refractivity contribution in [2.45, 2.75) is 231 Å². The fraction of sp³-hybridized carbons (Fsp3) is 0.830. The monoisotopic (exact) mass is 694 g/mol. The van der Waals surface area contributed by atoms with Crippen LogP contribution in [0.5, 0.6) is 0 Å². The van der Waals surface area contributed by atoms with Crippen molar-refractivity contribution in [3.8, 4) is 0 Å². The van der Waals surface area contributed by atoms with E-state index >= 15 is 0 Å². The lowest BCUT2D eigenvalue weighted by atomic mass is 9.59. The van der Waals surface area contributed by atoms with E-state index in [4.69, 9.17) is 9.47 Å². The Morgan fingerprint density at radius 2 is 0.840 bits per heavy atom. The zero-order chi connectivity index (χ0) is 35.6. The van der Waals surface area contributed by atoms with Gasteiger partial charge in [0.2, 0.25) is 0 Å². The van der Waals surface area contributed by atoms with Gasteiger partial charge in [-0.1, -0.05) is 152 Å². The molecular formula is C47H83NO2. The molecule has 0 radical (unpaired) electrons. The third kappa shape index (κ3) is 17.6. The van der Waals surface area contributed by atoms with Crippen molar-refractivity contribution in [1.29, 1.82) is 0 Å². The van der Waals surface area contributed by atoms with Crippen molar-refractivity contribution in [2.75, 3.05) is 14.1 Å². The van der Waals surface area contributed by atoms with Crippen LogP contribution >= 0.6 is 0 Å². The van der Waals surface area contributed by atoms with Gasteiger partial charge in [0.1, 0.15) is 0 Å². The highest BCUT2D eigenvalue weighted by molar-refractivity contribution is 5.07. The van der Waals surface area contributed by atoms with Gasteiger partial charge in [0.15, 0.2) is 5.79 Å². The lowest BCUT2D eigenvalue weighted by Crippen LogP contribution is -2.53. The number of hydrogen-bond donors (Lipinski definition) is 0. The van der Waals surface area contributed by atoms with Gasteiger partial charge in [-0.2, -0.15) is 0 Å². The second-order valence-electron chi connectivity index (χ2n) is 16.8. The lowest BCUT2D eigenvalue weighted by molar-refractivity contribution is -0.281. The molecule has 1 heterocycles. The van der Waals surface area contributed by atoms with Gasteiger partial charge >= 0.3 is 0 Å². The minimum absolute atomic E-state index is 0.247. The van der Waals surface area contributed by atoms with Crippen LogP contribution in [0.1, 0.15) is 206 Å². The van der Waals surface area contributed by atoms with Crippen molar-refractivity contribution in [1.82, 2.24) is 4.90 Å². The van der Waals surface area contributed by atoms with Crippen LogP contribution in [0.4, 0.5) is 0 Å². The Labute approximate surface area is 312 Å². The second kappa shape index (κ2) is 26.6. The van der Waals surface area contributed by atoms with Gasteiger partial charge in [-0.05, 0) is 109 Å². The van der Waals surface area contributed by atoms with Gasteiger partial charge in [0.05, 0.1) is 12.2 Å². The summed E-state index contributed by atoms with van der Waals surface area (Å²) in [5.41, 5.74) is 0.462. The molecule has 1 unspecified atom stereocenters. The van der Waals surface area contributed by atoms with E-state index in [-0.39, 0.29) is 5.79 Å². The average molecular weight is 694 g/mol. The fourth-order valence-corrected chi connectivity index (χ4v) is 8.90. The summed E-state index contributed by atoms with van der Waals surface area (Å²) in [7, 11) is 4.41. The molecule has 3 heteroatoms. The first-order chi connectivity index (χ1) is 24.5. The minimum Gasteiger partial charge on any atom is -0.344 e. The third-order valence-electron chi connectivity index (χ3n) is 12.0. The summed E-state index contributed by atoms with van der Waals surface area (Å²) in [5.74, 6) is -0.247. The van der Waals surface area contributed by atoms with E-state index in [0.29, 0.717) is 23.7 Å². The summed E-state index contributed by atoms with van der Waals surface area (Å²) >= 11 is 0. The fourth-order valence-electron chi connectivity index (χ4n) is 8.90. The number of ether oxygens (including phenoxy) is 2. The molecule has 0 N–H and O–H groups in total. The molecule has 2 saturated carbocycles. The first kappa shape index (κ1) is 43.2. The van der Waals surface area contributed by atoms with Gasteiger partial charge in [-0.15, -0.1) is 0 Å².